The molecule has 0 radical (unpaired) electrons. The summed E-state index contributed by atoms with van der Waals surface area (Å²) in [6.45, 7) is 2.45. The van der Waals surface area contributed by atoms with Crippen LogP contribution < -0.4 is 5.32 Å². The van der Waals surface area contributed by atoms with Crippen molar-refractivity contribution in [1.29, 1.82) is 0 Å². The first kappa shape index (κ1) is 19.5. The highest BCUT2D eigenvalue weighted by Gasteiger charge is 2.35. The van der Waals surface area contributed by atoms with Crippen molar-refractivity contribution in [1.82, 2.24) is 9.29 Å². The van der Waals surface area contributed by atoms with Crippen molar-refractivity contribution in [3.8, 4) is 0 Å². The van der Waals surface area contributed by atoms with E-state index in [1.807, 2.05) is 25.1 Å². The number of piperidine rings is 1. The Morgan fingerprint density at radius 3 is 2.89 bits per heavy atom. The Morgan fingerprint density at radius 1 is 1.29 bits per heavy atom. The molecule has 1 N–H and O–H groups in total. The van der Waals surface area contributed by atoms with E-state index in [4.69, 9.17) is 0 Å². The van der Waals surface area contributed by atoms with Gasteiger partial charge in [0.2, 0.25) is 5.91 Å². The molecule has 1 aliphatic heterocycles. The first-order chi connectivity index (χ1) is 13.4. The molecule has 1 atom stereocenters. The summed E-state index contributed by atoms with van der Waals surface area (Å²) >= 11 is 2.65. The first-order valence-electron chi connectivity index (χ1n) is 9.16. The van der Waals surface area contributed by atoms with Crippen LogP contribution in [0.4, 0.5) is 5.13 Å². The number of fused-ring (bicyclic) bond motifs is 1. The number of nitrogens with zero attached hydrogens (tertiary/aromatic N) is 2. The number of hydrogen-bond donors (Lipinski definition) is 1. The quantitative estimate of drug-likeness (QED) is 0.650. The highest BCUT2D eigenvalue weighted by molar-refractivity contribution is 7.91. The van der Waals surface area contributed by atoms with Crippen molar-refractivity contribution < 1.29 is 13.2 Å². The molecular formula is C19H21N3O3S3. The molecule has 0 saturated carbocycles. The number of thiophene rings is 1. The molecule has 28 heavy (non-hydrogen) atoms. The summed E-state index contributed by atoms with van der Waals surface area (Å²) in [6.07, 6.45) is 2.57. The third kappa shape index (κ3) is 3.84. The fourth-order valence-corrected chi connectivity index (χ4v) is 7.32. The van der Waals surface area contributed by atoms with Crippen LogP contribution in [-0.2, 0) is 14.8 Å². The summed E-state index contributed by atoms with van der Waals surface area (Å²) in [7, 11) is -3.55. The fraction of sp³-hybridized carbons (Fsp3) is 0.368. The van der Waals surface area contributed by atoms with Gasteiger partial charge in [-0.25, -0.2) is 13.4 Å². The Bertz CT molecular complexity index is 1090. The molecule has 0 aliphatic carbocycles. The van der Waals surface area contributed by atoms with E-state index in [1.54, 1.807) is 17.5 Å². The number of carbonyl (C=O) groups excluding carboxylic acids is 1. The monoisotopic (exact) mass is 435 g/mol. The maximum Gasteiger partial charge on any atom is 0.252 e. The van der Waals surface area contributed by atoms with Crippen LogP contribution in [-0.4, -0.2) is 36.2 Å². The molecule has 1 aliphatic rings. The van der Waals surface area contributed by atoms with E-state index in [-0.39, 0.29) is 18.4 Å². The average Bonchev–Trinajstić information content (AvgIpc) is 3.32. The van der Waals surface area contributed by atoms with Crippen LogP contribution in [0.2, 0.25) is 0 Å². The Kier molecular flexibility index (Phi) is 5.50. The molecule has 1 amide bonds. The number of anilines is 1. The number of thiazole rings is 1. The van der Waals surface area contributed by atoms with Gasteiger partial charge in [-0.1, -0.05) is 36.0 Å². The van der Waals surface area contributed by atoms with Gasteiger partial charge >= 0.3 is 0 Å². The van der Waals surface area contributed by atoms with Gasteiger partial charge in [-0.3, -0.25) is 4.79 Å². The molecule has 1 aromatic carbocycles. The number of benzene rings is 1. The van der Waals surface area contributed by atoms with Crippen LogP contribution in [0.15, 0.2) is 39.9 Å². The molecule has 0 spiro atoms. The molecule has 0 bridgehead atoms. The van der Waals surface area contributed by atoms with E-state index in [0.717, 1.165) is 28.6 Å². The smallest absolute Gasteiger partial charge is 0.252 e. The van der Waals surface area contributed by atoms with Gasteiger partial charge in [0.25, 0.3) is 10.0 Å². The minimum atomic E-state index is -3.55. The van der Waals surface area contributed by atoms with Crippen LogP contribution in [0.1, 0.15) is 31.2 Å². The zero-order valence-electron chi connectivity index (χ0n) is 15.4. The van der Waals surface area contributed by atoms with E-state index < -0.39 is 10.0 Å². The summed E-state index contributed by atoms with van der Waals surface area (Å²) in [5.41, 5.74) is 1.96. The molecule has 4 rings (SSSR count). The maximum absolute atomic E-state index is 12.9. The first-order valence-corrected chi connectivity index (χ1v) is 12.3. The van der Waals surface area contributed by atoms with Crippen molar-refractivity contribution in [2.75, 3.05) is 11.9 Å². The zero-order chi connectivity index (χ0) is 19.7. The predicted octanol–water partition coefficient (Wildman–Crippen LogP) is 4.24. The van der Waals surface area contributed by atoms with Gasteiger partial charge < -0.3 is 5.32 Å². The average molecular weight is 436 g/mol. The summed E-state index contributed by atoms with van der Waals surface area (Å²) in [5, 5.41) is 5.17. The van der Waals surface area contributed by atoms with Crippen LogP contribution >= 0.6 is 22.7 Å². The minimum Gasteiger partial charge on any atom is -0.302 e. The Hall–Kier alpha value is -1.81. The summed E-state index contributed by atoms with van der Waals surface area (Å²) in [4.78, 5) is 17.1. The second-order valence-corrected chi connectivity index (χ2v) is 11.0. The standard InChI is InChI=1S/C19H21N3O3S3/c1-13-6-4-8-15-18(13)21-19(27-15)20-16(23)12-14-7-2-3-10-22(14)28(24,25)17-9-5-11-26-17/h4-6,8-9,11,14H,2-3,7,10,12H2,1H3,(H,20,21,23). The van der Waals surface area contributed by atoms with Gasteiger partial charge in [-0.15, -0.1) is 11.3 Å². The van der Waals surface area contributed by atoms with Crippen LogP contribution in [0.3, 0.4) is 0 Å². The lowest BCUT2D eigenvalue weighted by atomic mass is 10.0. The zero-order valence-corrected chi connectivity index (χ0v) is 17.9. The molecule has 2 aromatic heterocycles. The predicted molar refractivity (Wildman–Crippen MR) is 113 cm³/mol. The normalized spacial score (nSPS) is 18.4. The number of hydrogen-bond acceptors (Lipinski definition) is 6. The number of amides is 1. The molecule has 1 fully saturated rings. The number of aryl methyl sites for hydroxylation is 1. The third-order valence-electron chi connectivity index (χ3n) is 4.92. The van der Waals surface area contributed by atoms with Crippen molar-refractivity contribution in [3.05, 3.63) is 41.3 Å². The van der Waals surface area contributed by atoms with Crippen molar-refractivity contribution >= 4 is 54.0 Å². The topological polar surface area (TPSA) is 79.4 Å². The van der Waals surface area contributed by atoms with Crippen LogP contribution in [0, 0.1) is 6.92 Å². The molecule has 3 aromatic rings. The Balaban J connectivity index is 1.49. The van der Waals surface area contributed by atoms with E-state index in [2.05, 4.69) is 10.3 Å². The summed E-state index contributed by atoms with van der Waals surface area (Å²) in [6, 6.07) is 8.97. The molecule has 148 valence electrons. The lowest BCUT2D eigenvalue weighted by molar-refractivity contribution is -0.117. The molecule has 3 heterocycles. The number of aromatic nitrogens is 1. The van der Waals surface area contributed by atoms with Crippen molar-refractivity contribution in [2.45, 2.75) is 42.9 Å². The van der Waals surface area contributed by atoms with E-state index in [0.29, 0.717) is 22.3 Å². The highest BCUT2D eigenvalue weighted by atomic mass is 32.2. The third-order valence-corrected chi connectivity index (χ3v) is 9.18. The van der Waals surface area contributed by atoms with Crippen LogP contribution in [0.25, 0.3) is 10.2 Å². The van der Waals surface area contributed by atoms with E-state index >= 15 is 0 Å². The lowest BCUT2D eigenvalue weighted by Gasteiger charge is -2.33. The molecule has 1 unspecified atom stereocenters. The Morgan fingerprint density at radius 2 is 2.14 bits per heavy atom. The largest absolute Gasteiger partial charge is 0.302 e. The molecule has 1 saturated heterocycles. The summed E-state index contributed by atoms with van der Waals surface area (Å²) in [5.74, 6) is -0.199. The van der Waals surface area contributed by atoms with Gasteiger partial charge in [0.05, 0.1) is 10.2 Å². The second-order valence-electron chi connectivity index (χ2n) is 6.89. The number of sulfonamides is 1. The highest BCUT2D eigenvalue weighted by Crippen LogP contribution is 2.31. The Labute approximate surface area is 172 Å². The maximum atomic E-state index is 12.9. The number of nitrogens with one attached hydrogen (secondary N) is 1. The van der Waals surface area contributed by atoms with E-state index in [1.165, 1.54) is 27.0 Å². The lowest BCUT2D eigenvalue weighted by Crippen LogP contribution is -2.45. The van der Waals surface area contributed by atoms with Gasteiger partial charge in [-0.05, 0) is 42.8 Å². The SMILES string of the molecule is Cc1cccc2sc(NC(=O)CC3CCCCN3S(=O)(=O)c3cccs3)nc12. The minimum absolute atomic E-state index is 0.138. The van der Waals surface area contributed by atoms with Gasteiger partial charge in [0, 0.05) is 19.0 Å². The van der Waals surface area contributed by atoms with Gasteiger partial charge in [0.15, 0.2) is 5.13 Å². The number of para-hydroxylation sites is 1. The van der Waals surface area contributed by atoms with Gasteiger partial charge in [-0.2, -0.15) is 4.31 Å². The molecule has 9 heteroatoms. The van der Waals surface area contributed by atoms with Crippen molar-refractivity contribution in [3.63, 3.8) is 0 Å². The number of rotatable bonds is 5. The van der Waals surface area contributed by atoms with E-state index in [9.17, 15) is 13.2 Å². The van der Waals surface area contributed by atoms with Crippen molar-refractivity contribution in [2.24, 2.45) is 0 Å². The second kappa shape index (κ2) is 7.90. The summed E-state index contributed by atoms with van der Waals surface area (Å²) < 4.78 is 28.8. The molecular weight excluding hydrogens is 414 g/mol. The van der Waals surface area contributed by atoms with Crippen LogP contribution in [0.5, 0.6) is 0 Å². The molecule has 6 nitrogen and oxygen atoms in total. The van der Waals surface area contributed by atoms with Gasteiger partial charge in [0.1, 0.15) is 4.21 Å². The number of carbonyl (C=O) groups is 1. The fourth-order valence-electron chi connectivity index (χ4n) is 3.54.